The van der Waals surface area contributed by atoms with Gasteiger partial charge >= 0.3 is 0 Å². The monoisotopic (exact) mass is 193 g/mol. The van der Waals surface area contributed by atoms with Crippen LogP contribution in [0.25, 0.3) is 0 Å². The van der Waals surface area contributed by atoms with Crippen LogP contribution in [0.1, 0.15) is 17.4 Å². The Balaban J connectivity index is 2.32. The zero-order chi connectivity index (χ0) is 9.97. The van der Waals surface area contributed by atoms with Crippen molar-refractivity contribution in [1.29, 1.82) is 0 Å². The van der Waals surface area contributed by atoms with Crippen LogP contribution in [0.5, 0.6) is 0 Å². The molecule has 72 valence electrons. The van der Waals surface area contributed by atoms with Gasteiger partial charge in [-0.15, -0.1) is 0 Å². The van der Waals surface area contributed by atoms with E-state index in [1.54, 1.807) is 6.07 Å². The van der Waals surface area contributed by atoms with Gasteiger partial charge in [0.15, 0.2) is 0 Å². The number of rotatable bonds is 2. The Morgan fingerprint density at radius 2 is 2.29 bits per heavy atom. The third kappa shape index (κ3) is 1.62. The summed E-state index contributed by atoms with van der Waals surface area (Å²) < 4.78 is 12.8. The van der Waals surface area contributed by atoms with Crippen molar-refractivity contribution < 1.29 is 9.50 Å². The lowest BCUT2D eigenvalue weighted by Crippen LogP contribution is -2.00. The molecule has 0 fully saturated rings. The number of benzene rings is 1. The number of hydrogen-bond acceptors (Lipinski definition) is 3. The van der Waals surface area contributed by atoms with E-state index < -0.39 is 6.10 Å². The number of aromatic nitrogens is 3. The first kappa shape index (κ1) is 8.83. The van der Waals surface area contributed by atoms with Gasteiger partial charge in [0.25, 0.3) is 0 Å². The van der Waals surface area contributed by atoms with Crippen molar-refractivity contribution in [1.82, 2.24) is 15.4 Å². The highest BCUT2D eigenvalue weighted by atomic mass is 19.1. The molecular formula is C9H8FN3O. The molecule has 14 heavy (non-hydrogen) atoms. The smallest absolute Gasteiger partial charge is 0.125 e. The molecule has 0 amide bonds. The highest BCUT2D eigenvalue weighted by molar-refractivity contribution is 5.24. The second-order valence-electron chi connectivity index (χ2n) is 2.85. The number of H-pyrrole nitrogens is 1. The number of halogens is 1. The molecule has 0 spiro atoms. The molecule has 0 aliphatic carbocycles. The molecule has 1 atom stereocenters. The number of aliphatic hydroxyl groups is 1. The van der Waals surface area contributed by atoms with Crippen molar-refractivity contribution in [3.63, 3.8) is 0 Å². The van der Waals surface area contributed by atoms with E-state index in [2.05, 4.69) is 15.4 Å². The third-order valence-electron chi connectivity index (χ3n) is 1.88. The summed E-state index contributed by atoms with van der Waals surface area (Å²) in [5.41, 5.74) is 0.828. The topological polar surface area (TPSA) is 61.8 Å². The van der Waals surface area contributed by atoms with Crippen molar-refractivity contribution in [2.45, 2.75) is 6.10 Å². The SMILES string of the molecule is OC(c1cccc(F)c1)c1cn[nH]n1. The molecule has 0 bridgehead atoms. The van der Waals surface area contributed by atoms with Crippen LogP contribution >= 0.6 is 0 Å². The fraction of sp³-hybridized carbons (Fsp3) is 0.111. The van der Waals surface area contributed by atoms with E-state index in [0.29, 0.717) is 11.3 Å². The molecule has 5 heteroatoms. The van der Waals surface area contributed by atoms with Gasteiger partial charge in [-0.25, -0.2) is 4.39 Å². The molecule has 2 aromatic rings. The summed E-state index contributed by atoms with van der Waals surface area (Å²) in [6, 6.07) is 5.74. The molecule has 1 aromatic carbocycles. The molecule has 2 N–H and O–H groups in total. The summed E-state index contributed by atoms with van der Waals surface area (Å²) in [6.07, 6.45) is 0.458. The Kier molecular flexibility index (Phi) is 2.24. The maximum atomic E-state index is 12.8. The van der Waals surface area contributed by atoms with Crippen LogP contribution in [0.15, 0.2) is 30.5 Å². The fourth-order valence-corrected chi connectivity index (χ4v) is 1.19. The van der Waals surface area contributed by atoms with Crippen LogP contribution in [0.2, 0.25) is 0 Å². The molecule has 0 saturated heterocycles. The van der Waals surface area contributed by atoms with E-state index in [0.717, 1.165) is 0 Å². The normalized spacial score (nSPS) is 12.7. The molecule has 1 unspecified atom stereocenters. The van der Waals surface area contributed by atoms with Crippen LogP contribution in [0.3, 0.4) is 0 Å². The average Bonchev–Trinajstić information content (AvgIpc) is 2.69. The van der Waals surface area contributed by atoms with Crippen LogP contribution in [-0.2, 0) is 0 Å². The lowest BCUT2D eigenvalue weighted by Gasteiger charge is -2.06. The molecular weight excluding hydrogens is 185 g/mol. The van der Waals surface area contributed by atoms with Crippen molar-refractivity contribution in [3.8, 4) is 0 Å². The summed E-state index contributed by atoms with van der Waals surface area (Å²) in [5.74, 6) is -0.384. The second kappa shape index (κ2) is 3.55. The summed E-state index contributed by atoms with van der Waals surface area (Å²) in [6.45, 7) is 0. The minimum atomic E-state index is -0.940. The van der Waals surface area contributed by atoms with Crippen LogP contribution in [0, 0.1) is 5.82 Å². The highest BCUT2D eigenvalue weighted by Crippen LogP contribution is 2.19. The number of hydrogen-bond donors (Lipinski definition) is 2. The minimum absolute atomic E-state index is 0.371. The molecule has 4 nitrogen and oxygen atoms in total. The first-order valence-corrected chi connectivity index (χ1v) is 4.06. The van der Waals surface area contributed by atoms with Gasteiger partial charge in [0.05, 0.1) is 6.20 Å². The van der Waals surface area contributed by atoms with E-state index in [1.807, 2.05) is 0 Å². The van der Waals surface area contributed by atoms with E-state index >= 15 is 0 Å². The number of aromatic amines is 1. The predicted molar refractivity (Wildman–Crippen MR) is 46.8 cm³/mol. The van der Waals surface area contributed by atoms with Crippen molar-refractivity contribution in [2.75, 3.05) is 0 Å². The maximum Gasteiger partial charge on any atom is 0.125 e. The molecule has 1 aromatic heterocycles. The molecule has 2 rings (SSSR count). The first-order chi connectivity index (χ1) is 6.77. The lowest BCUT2D eigenvalue weighted by atomic mass is 10.1. The minimum Gasteiger partial charge on any atom is -0.382 e. The second-order valence-corrected chi connectivity index (χ2v) is 2.85. The summed E-state index contributed by atoms with van der Waals surface area (Å²) in [5, 5.41) is 19.4. The van der Waals surface area contributed by atoms with Crippen LogP contribution < -0.4 is 0 Å². The Hall–Kier alpha value is -1.75. The van der Waals surface area contributed by atoms with E-state index in [-0.39, 0.29) is 5.82 Å². The maximum absolute atomic E-state index is 12.8. The zero-order valence-electron chi connectivity index (χ0n) is 7.18. The molecule has 0 radical (unpaired) electrons. The van der Waals surface area contributed by atoms with E-state index in [1.165, 1.54) is 24.4 Å². The third-order valence-corrected chi connectivity index (χ3v) is 1.88. The van der Waals surface area contributed by atoms with Gasteiger partial charge in [-0.1, -0.05) is 12.1 Å². The van der Waals surface area contributed by atoms with Crippen LogP contribution in [-0.4, -0.2) is 20.5 Å². The molecule has 1 heterocycles. The Morgan fingerprint density at radius 1 is 1.43 bits per heavy atom. The molecule has 0 aliphatic heterocycles. The summed E-state index contributed by atoms with van der Waals surface area (Å²) >= 11 is 0. The number of nitrogens with zero attached hydrogens (tertiary/aromatic N) is 2. The quantitative estimate of drug-likeness (QED) is 0.748. The van der Waals surface area contributed by atoms with Gasteiger partial charge in [-0.3, -0.25) is 0 Å². The number of nitrogens with one attached hydrogen (secondary N) is 1. The standard InChI is InChI=1S/C9H8FN3O/c10-7-3-1-2-6(4-7)9(14)8-5-11-13-12-8/h1-5,9,14H,(H,11,12,13). The largest absolute Gasteiger partial charge is 0.382 e. The Bertz CT molecular complexity index is 416. The van der Waals surface area contributed by atoms with Gasteiger partial charge in [0, 0.05) is 0 Å². The fourth-order valence-electron chi connectivity index (χ4n) is 1.19. The van der Waals surface area contributed by atoms with Gasteiger partial charge in [0.1, 0.15) is 17.6 Å². The van der Waals surface area contributed by atoms with Crippen molar-refractivity contribution in [3.05, 3.63) is 47.5 Å². The average molecular weight is 193 g/mol. The van der Waals surface area contributed by atoms with E-state index in [4.69, 9.17) is 0 Å². The summed E-state index contributed by atoms with van der Waals surface area (Å²) in [4.78, 5) is 0. The van der Waals surface area contributed by atoms with Gasteiger partial charge in [-0.2, -0.15) is 15.4 Å². The number of aliphatic hydroxyl groups excluding tert-OH is 1. The molecule has 0 aliphatic rings. The van der Waals surface area contributed by atoms with Crippen molar-refractivity contribution in [2.24, 2.45) is 0 Å². The summed E-state index contributed by atoms with van der Waals surface area (Å²) in [7, 11) is 0. The zero-order valence-corrected chi connectivity index (χ0v) is 7.18. The van der Waals surface area contributed by atoms with Crippen LogP contribution in [0.4, 0.5) is 4.39 Å². The van der Waals surface area contributed by atoms with Crippen molar-refractivity contribution >= 4 is 0 Å². The van der Waals surface area contributed by atoms with Gasteiger partial charge < -0.3 is 5.11 Å². The Morgan fingerprint density at radius 3 is 2.93 bits per heavy atom. The predicted octanol–water partition coefficient (Wildman–Crippen LogP) is 1.03. The Labute approximate surface area is 79.4 Å². The lowest BCUT2D eigenvalue weighted by molar-refractivity contribution is 0.214. The first-order valence-electron chi connectivity index (χ1n) is 4.06. The van der Waals surface area contributed by atoms with E-state index in [9.17, 15) is 9.50 Å². The van der Waals surface area contributed by atoms with Gasteiger partial charge in [0.2, 0.25) is 0 Å². The molecule has 0 saturated carbocycles. The highest BCUT2D eigenvalue weighted by Gasteiger charge is 2.13. The van der Waals surface area contributed by atoms with Gasteiger partial charge in [-0.05, 0) is 17.7 Å².